The molecule has 156 valence electrons. The third-order valence-electron chi connectivity index (χ3n) is 4.19. The molecule has 30 heavy (non-hydrogen) atoms. The van der Waals surface area contributed by atoms with Gasteiger partial charge in [0.1, 0.15) is 0 Å². The monoisotopic (exact) mass is 526 g/mol. The molecule has 5 nitrogen and oxygen atoms in total. The van der Waals surface area contributed by atoms with E-state index >= 15 is 0 Å². The predicted molar refractivity (Wildman–Crippen MR) is 123 cm³/mol. The molecule has 0 heterocycles. The van der Waals surface area contributed by atoms with E-state index in [1.54, 1.807) is 48.5 Å². The minimum atomic E-state index is -3.97. The highest BCUT2D eigenvalue weighted by molar-refractivity contribution is 9.10. The Balaban J connectivity index is 1.91. The van der Waals surface area contributed by atoms with Gasteiger partial charge in [-0.3, -0.25) is 4.79 Å². The highest BCUT2D eigenvalue weighted by Gasteiger charge is 2.27. The second-order valence-electron chi connectivity index (χ2n) is 6.38. The molecule has 1 N–H and O–H groups in total. The van der Waals surface area contributed by atoms with Crippen molar-refractivity contribution in [2.45, 2.75) is 11.4 Å². The molecular weight excluding hydrogens is 511 g/mol. The third kappa shape index (κ3) is 5.83. The van der Waals surface area contributed by atoms with Gasteiger partial charge in [0.15, 0.2) is 0 Å². The number of nitrogens with zero attached hydrogens (tertiary/aromatic N) is 1. The molecule has 0 aliphatic rings. The Morgan fingerprint density at radius 2 is 1.63 bits per heavy atom. The average Bonchev–Trinajstić information content (AvgIpc) is 2.70. The lowest BCUT2D eigenvalue weighted by Crippen LogP contribution is -2.37. The van der Waals surface area contributed by atoms with Crippen LogP contribution >= 0.6 is 39.1 Å². The Labute approximate surface area is 193 Å². The standard InChI is InChI=1S/C21H17BrCl2N2O3S/c22-16-7-10-19(11-8-16)30(28,29)26(13-15-6-9-17(23)12-20(15)24)14-21(27)25-18-4-2-1-3-5-18/h1-12H,13-14H2,(H,25,27). The number of hydrogen-bond donors (Lipinski definition) is 1. The van der Waals surface area contributed by atoms with Crippen LogP contribution in [-0.4, -0.2) is 25.2 Å². The molecule has 0 aromatic heterocycles. The van der Waals surface area contributed by atoms with Gasteiger partial charge in [0.25, 0.3) is 0 Å². The Hall–Kier alpha value is -1.90. The maximum absolute atomic E-state index is 13.3. The molecule has 0 saturated heterocycles. The Morgan fingerprint density at radius 1 is 0.967 bits per heavy atom. The molecule has 0 bridgehead atoms. The lowest BCUT2D eigenvalue weighted by Gasteiger charge is -2.22. The molecule has 0 fully saturated rings. The van der Waals surface area contributed by atoms with Gasteiger partial charge in [0, 0.05) is 26.8 Å². The molecular formula is C21H17BrCl2N2O3S. The van der Waals surface area contributed by atoms with E-state index in [1.165, 1.54) is 18.2 Å². The van der Waals surface area contributed by atoms with Crippen molar-refractivity contribution in [1.82, 2.24) is 4.31 Å². The van der Waals surface area contributed by atoms with Crippen LogP contribution in [0.4, 0.5) is 5.69 Å². The normalized spacial score (nSPS) is 11.5. The second kappa shape index (κ2) is 9.94. The first kappa shape index (κ1) is 22.8. The van der Waals surface area contributed by atoms with E-state index in [-0.39, 0.29) is 18.0 Å². The van der Waals surface area contributed by atoms with Gasteiger partial charge < -0.3 is 5.32 Å². The van der Waals surface area contributed by atoms with E-state index in [9.17, 15) is 13.2 Å². The van der Waals surface area contributed by atoms with Gasteiger partial charge in [-0.05, 0) is 54.1 Å². The van der Waals surface area contributed by atoms with E-state index in [0.717, 1.165) is 8.78 Å². The van der Waals surface area contributed by atoms with Crippen LogP contribution < -0.4 is 5.32 Å². The lowest BCUT2D eigenvalue weighted by atomic mass is 10.2. The molecule has 0 spiro atoms. The summed E-state index contributed by atoms with van der Waals surface area (Å²) in [5.41, 5.74) is 1.11. The number of amides is 1. The quantitative estimate of drug-likeness (QED) is 0.435. The van der Waals surface area contributed by atoms with Crippen molar-refractivity contribution < 1.29 is 13.2 Å². The van der Waals surface area contributed by atoms with Crippen molar-refractivity contribution in [3.8, 4) is 0 Å². The van der Waals surface area contributed by atoms with Crippen LogP contribution in [0.2, 0.25) is 10.0 Å². The minimum absolute atomic E-state index is 0.0725. The summed E-state index contributed by atoms with van der Waals surface area (Å²) in [5, 5.41) is 3.47. The van der Waals surface area contributed by atoms with Crippen LogP contribution in [0, 0.1) is 0 Å². The molecule has 3 aromatic carbocycles. The molecule has 3 rings (SSSR count). The number of rotatable bonds is 7. The smallest absolute Gasteiger partial charge is 0.243 e. The van der Waals surface area contributed by atoms with Gasteiger partial charge in [-0.15, -0.1) is 0 Å². The Bertz CT molecular complexity index is 1140. The number of carbonyl (C=O) groups excluding carboxylic acids is 1. The average molecular weight is 528 g/mol. The molecule has 9 heteroatoms. The number of sulfonamides is 1. The summed E-state index contributed by atoms with van der Waals surface area (Å²) in [6.07, 6.45) is 0. The predicted octanol–water partition coefficient (Wildman–Crippen LogP) is 5.59. The van der Waals surface area contributed by atoms with Gasteiger partial charge in [-0.2, -0.15) is 4.31 Å². The highest BCUT2D eigenvalue weighted by Crippen LogP contribution is 2.26. The molecule has 0 aliphatic carbocycles. The van der Waals surface area contributed by atoms with Crippen LogP contribution in [-0.2, 0) is 21.4 Å². The zero-order chi connectivity index (χ0) is 21.7. The van der Waals surface area contributed by atoms with Crippen LogP contribution in [0.3, 0.4) is 0 Å². The van der Waals surface area contributed by atoms with Crippen LogP contribution in [0.1, 0.15) is 5.56 Å². The second-order valence-corrected chi connectivity index (χ2v) is 10.1. The molecule has 1 amide bonds. The number of anilines is 1. The third-order valence-corrected chi connectivity index (χ3v) is 7.11. The van der Waals surface area contributed by atoms with Crippen molar-refractivity contribution in [2.75, 3.05) is 11.9 Å². The zero-order valence-corrected chi connectivity index (χ0v) is 19.5. The summed E-state index contributed by atoms with van der Waals surface area (Å²) in [5.74, 6) is -0.466. The van der Waals surface area contributed by atoms with Gasteiger partial charge in [0.05, 0.1) is 11.4 Å². The molecule has 0 unspecified atom stereocenters. The Kier molecular flexibility index (Phi) is 7.55. The van der Waals surface area contributed by atoms with Crippen molar-refractivity contribution in [3.05, 3.63) is 92.9 Å². The topological polar surface area (TPSA) is 66.5 Å². The first-order valence-corrected chi connectivity index (χ1v) is 11.8. The van der Waals surface area contributed by atoms with Gasteiger partial charge in [-0.1, -0.05) is 63.4 Å². The van der Waals surface area contributed by atoms with Crippen LogP contribution in [0.25, 0.3) is 0 Å². The molecule has 3 aromatic rings. The van der Waals surface area contributed by atoms with E-state index in [0.29, 0.717) is 21.3 Å². The molecule has 0 aliphatic heterocycles. The fourth-order valence-corrected chi connectivity index (χ4v) is 4.81. The van der Waals surface area contributed by atoms with Crippen molar-refractivity contribution >= 4 is 60.7 Å². The first-order valence-electron chi connectivity index (χ1n) is 8.80. The number of benzene rings is 3. The summed E-state index contributed by atoms with van der Waals surface area (Å²) < 4.78 is 28.4. The van der Waals surface area contributed by atoms with Crippen molar-refractivity contribution in [3.63, 3.8) is 0 Å². The van der Waals surface area contributed by atoms with Crippen LogP contribution in [0.15, 0.2) is 82.2 Å². The van der Waals surface area contributed by atoms with E-state index in [1.807, 2.05) is 6.07 Å². The lowest BCUT2D eigenvalue weighted by molar-refractivity contribution is -0.116. The SMILES string of the molecule is O=C(CN(Cc1ccc(Cl)cc1Cl)S(=O)(=O)c1ccc(Br)cc1)Nc1ccccc1. The minimum Gasteiger partial charge on any atom is -0.325 e. The maximum atomic E-state index is 13.3. The summed E-state index contributed by atoms with van der Waals surface area (Å²) in [4.78, 5) is 12.7. The Morgan fingerprint density at radius 3 is 2.27 bits per heavy atom. The summed E-state index contributed by atoms with van der Waals surface area (Å²) in [6.45, 7) is -0.469. The number of para-hydroxylation sites is 1. The maximum Gasteiger partial charge on any atom is 0.243 e. The number of carbonyl (C=O) groups is 1. The van der Waals surface area contributed by atoms with E-state index in [2.05, 4.69) is 21.2 Å². The largest absolute Gasteiger partial charge is 0.325 e. The van der Waals surface area contributed by atoms with Crippen molar-refractivity contribution in [2.24, 2.45) is 0 Å². The van der Waals surface area contributed by atoms with Crippen LogP contribution in [0.5, 0.6) is 0 Å². The van der Waals surface area contributed by atoms with Gasteiger partial charge >= 0.3 is 0 Å². The van der Waals surface area contributed by atoms with E-state index in [4.69, 9.17) is 23.2 Å². The van der Waals surface area contributed by atoms with Crippen molar-refractivity contribution in [1.29, 1.82) is 0 Å². The van der Waals surface area contributed by atoms with Gasteiger partial charge in [-0.25, -0.2) is 8.42 Å². The summed E-state index contributed by atoms with van der Waals surface area (Å²) in [6, 6.07) is 19.8. The number of nitrogens with one attached hydrogen (secondary N) is 1. The van der Waals surface area contributed by atoms with Gasteiger partial charge in [0.2, 0.25) is 15.9 Å². The summed E-state index contributed by atoms with van der Waals surface area (Å²) in [7, 11) is -3.97. The molecule has 0 saturated carbocycles. The highest BCUT2D eigenvalue weighted by atomic mass is 79.9. The number of hydrogen-bond acceptors (Lipinski definition) is 3. The van der Waals surface area contributed by atoms with E-state index < -0.39 is 15.9 Å². The molecule has 0 atom stereocenters. The molecule has 0 radical (unpaired) electrons. The summed E-state index contributed by atoms with van der Waals surface area (Å²) >= 11 is 15.5. The first-order chi connectivity index (χ1) is 14.3. The fraction of sp³-hybridized carbons (Fsp3) is 0.0952. The zero-order valence-electron chi connectivity index (χ0n) is 15.6. The number of halogens is 3. The fourth-order valence-electron chi connectivity index (χ4n) is 2.70.